The molecule has 2 aliphatic rings. The number of ether oxygens (including phenoxy) is 1. The average molecular weight is 296 g/mol. The first-order valence-corrected chi connectivity index (χ1v) is 6.25. The molecule has 0 radical (unpaired) electrons. The number of morpholine rings is 1. The number of hydrogen-bond acceptors (Lipinski definition) is 3. The van der Waals surface area contributed by atoms with Gasteiger partial charge >= 0.3 is 0 Å². The predicted octanol–water partition coefficient (Wildman–Crippen LogP) is 1.87. The Morgan fingerprint density at radius 2 is 1.59 bits per heavy atom. The summed E-state index contributed by atoms with van der Waals surface area (Å²) < 4.78 is 6.26. The van der Waals surface area contributed by atoms with Crippen molar-refractivity contribution in [2.75, 3.05) is 4.90 Å². The van der Waals surface area contributed by atoms with Crippen LogP contribution in [0.25, 0.3) is 0 Å². The lowest BCUT2D eigenvalue weighted by atomic mass is 10.2. The zero-order valence-corrected chi connectivity index (χ0v) is 10.5. The molecule has 0 aliphatic carbocycles. The van der Waals surface area contributed by atoms with Crippen molar-refractivity contribution in [3.8, 4) is 0 Å². The number of carbonyl (C=O) groups excluding carboxylic acids is 2. The van der Waals surface area contributed by atoms with Gasteiger partial charge in [-0.2, -0.15) is 0 Å². The second-order valence-electron chi connectivity index (χ2n) is 4.18. The van der Waals surface area contributed by atoms with E-state index in [1.165, 1.54) is 4.90 Å². The van der Waals surface area contributed by atoms with Crippen LogP contribution in [-0.2, 0) is 14.3 Å². The third-order valence-corrected chi connectivity index (χ3v) is 3.62. The Morgan fingerprint density at radius 3 is 2.12 bits per heavy atom. The number of halogens is 1. The van der Waals surface area contributed by atoms with Gasteiger partial charge in [0.25, 0.3) is 11.8 Å². The molecule has 2 unspecified atom stereocenters. The van der Waals surface area contributed by atoms with Crippen molar-refractivity contribution in [1.29, 1.82) is 0 Å². The molecule has 1 aromatic rings. The smallest absolute Gasteiger partial charge is 0.262 e. The number of nitrogens with zero attached hydrogens (tertiary/aromatic N) is 1. The Morgan fingerprint density at radius 1 is 1.06 bits per heavy atom. The molecule has 2 amide bonds. The zero-order valence-electron chi connectivity index (χ0n) is 8.93. The Bertz CT molecular complexity index is 463. The Labute approximate surface area is 107 Å². The molecule has 0 aromatic heterocycles. The van der Waals surface area contributed by atoms with E-state index in [0.717, 1.165) is 4.47 Å². The van der Waals surface area contributed by atoms with Gasteiger partial charge in [0.2, 0.25) is 0 Å². The summed E-state index contributed by atoms with van der Waals surface area (Å²) in [5, 5.41) is 0. The second-order valence-corrected chi connectivity index (χ2v) is 5.09. The minimum Gasteiger partial charge on any atom is -0.355 e. The topological polar surface area (TPSA) is 46.6 Å². The fraction of sp³-hybridized carbons (Fsp3) is 0.333. The molecule has 2 aliphatic heterocycles. The van der Waals surface area contributed by atoms with Crippen LogP contribution in [0.5, 0.6) is 0 Å². The quantitative estimate of drug-likeness (QED) is 0.743. The molecule has 4 nitrogen and oxygen atoms in total. The minimum atomic E-state index is -0.443. The van der Waals surface area contributed by atoms with Crippen molar-refractivity contribution in [3.63, 3.8) is 0 Å². The van der Waals surface area contributed by atoms with Gasteiger partial charge in [0.05, 0.1) is 5.69 Å². The number of fused-ring (bicyclic) bond motifs is 2. The highest BCUT2D eigenvalue weighted by atomic mass is 79.9. The third kappa shape index (κ3) is 1.70. The number of rotatable bonds is 1. The van der Waals surface area contributed by atoms with E-state index in [4.69, 9.17) is 4.74 Å². The summed E-state index contributed by atoms with van der Waals surface area (Å²) in [4.78, 5) is 25.3. The van der Waals surface area contributed by atoms with Gasteiger partial charge in [-0.15, -0.1) is 0 Å². The molecule has 2 fully saturated rings. The molecule has 5 heteroatoms. The molecule has 88 valence electrons. The lowest BCUT2D eigenvalue weighted by Crippen LogP contribution is -2.52. The van der Waals surface area contributed by atoms with E-state index in [0.29, 0.717) is 18.5 Å². The van der Waals surface area contributed by atoms with Gasteiger partial charge in [-0.05, 0) is 37.1 Å². The minimum absolute atomic E-state index is 0.244. The van der Waals surface area contributed by atoms with Crippen LogP contribution < -0.4 is 4.90 Å². The first-order valence-electron chi connectivity index (χ1n) is 5.45. The van der Waals surface area contributed by atoms with Crippen LogP contribution in [-0.4, -0.2) is 24.0 Å². The number of anilines is 1. The molecule has 2 heterocycles. The summed E-state index contributed by atoms with van der Waals surface area (Å²) in [6.45, 7) is 0. The maximum atomic E-state index is 12.0. The molecule has 2 saturated heterocycles. The normalized spacial score (nSPS) is 27.7. The van der Waals surface area contributed by atoms with Gasteiger partial charge in [-0.3, -0.25) is 9.59 Å². The van der Waals surface area contributed by atoms with Crippen molar-refractivity contribution in [2.24, 2.45) is 0 Å². The highest BCUT2D eigenvalue weighted by molar-refractivity contribution is 9.10. The van der Waals surface area contributed by atoms with Gasteiger partial charge in [-0.25, -0.2) is 4.90 Å². The first-order chi connectivity index (χ1) is 8.16. The van der Waals surface area contributed by atoms with Crippen LogP contribution in [0.3, 0.4) is 0 Å². The maximum absolute atomic E-state index is 12.0. The van der Waals surface area contributed by atoms with Crippen molar-refractivity contribution < 1.29 is 14.3 Å². The number of hydrogen-bond donors (Lipinski definition) is 0. The second kappa shape index (κ2) is 3.92. The predicted molar refractivity (Wildman–Crippen MR) is 64.5 cm³/mol. The molecule has 1 aromatic carbocycles. The Balaban J connectivity index is 1.99. The maximum Gasteiger partial charge on any atom is 0.262 e. The molecular formula is C12H10BrNO3. The SMILES string of the molecule is O=C1C2CCC(O2)C(=O)N1c1ccc(Br)cc1. The van der Waals surface area contributed by atoms with E-state index in [2.05, 4.69) is 15.9 Å². The number of carbonyl (C=O) groups is 2. The van der Waals surface area contributed by atoms with Gasteiger partial charge in [0, 0.05) is 4.47 Å². The molecule has 0 N–H and O–H groups in total. The highest BCUT2D eigenvalue weighted by Gasteiger charge is 2.46. The summed E-state index contributed by atoms with van der Waals surface area (Å²) in [5.74, 6) is -0.489. The fourth-order valence-corrected chi connectivity index (χ4v) is 2.51. The lowest BCUT2D eigenvalue weighted by molar-refractivity contribution is -0.146. The standard InChI is InChI=1S/C12H10BrNO3/c13-7-1-3-8(4-2-7)14-11(15)9-5-6-10(17-9)12(14)16/h1-4,9-10H,5-6H2. The van der Waals surface area contributed by atoms with E-state index in [1.54, 1.807) is 12.1 Å². The van der Waals surface area contributed by atoms with Gasteiger partial charge in [0.15, 0.2) is 0 Å². The highest BCUT2D eigenvalue weighted by Crippen LogP contribution is 2.32. The van der Waals surface area contributed by atoms with Crippen molar-refractivity contribution in [2.45, 2.75) is 25.0 Å². The van der Waals surface area contributed by atoms with Crippen LogP contribution in [0.15, 0.2) is 28.7 Å². The third-order valence-electron chi connectivity index (χ3n) is 3.10. The average Bonchev–Trinajstić information content (AvgIpc) is 2.76. The van der Waals surface area contributed by atoms with Crippen LogP contribution in [0.4, 0.5) is 5.69 Å². The van der Waals surface area contributed by atoms with Crippen molar-refractivity contribution >= 4 is 33.4 Å². The fourth-order valence-electron chi connectivity index (χ4n) is 2.24. The van der Waals surface area contributed by atoms with Crippen molar-refractivity contribution in [3.05, 3.63) is 28.7 Å². The van der Waals surface area contributed by atoms with E-state index < -0.39 is 12.2 Å². The summed E-state index contributed by atoms with van der Waals surface area (Å²) in [7, 11) is 0. The summed E-state index contributed by atoms with van der Waals surface area (Å²) >= 11 is 3.32. The molecule has 0 spiro atoms. The monoisotopic (exact) mass is 295 g/mol. The molecule has 3 rings (SSSR count). The summed E-state index contributed by atoms with van der Waals surface area (Å²) in [6.07, 6.45) is 0.396. The van der Waals surface area contributed by atoms with E-state index in [1.807, 2.05) is 12.1 Å². The summed E-state index contributed by atoms with van der Waals surface area (Å²) in [6, 6.07) is 7.13. The van der Waals surface area contributed by atoms with E-state index >= 15 is 0 Å². The Hall–Kier alpha value is -1.20. The van der Waals surface area contributed by atoms with Gasteiger partial charge < -0.3 is 4.74 Å². The van der Waals surface area contributed by atoms with E-state index in [-0.39, 0.29) is 11.8 Å². The summed E-state index contributed by atoms with van der Waals surface area (Å²) in [5.41, 5.74) is 0.614. The Kier molecular flexibility index (Phi) is 2.52. The number of benzene rings is 1. The van der Waals surface area contributed by atoms with Crippen LogP contribution in [0.1, 0.15) is 12.8 Å². The van der Waals surface area contributed by atoms with Crippen LogP contribution >= 0.6 is 15.9 Å². The van der Waals surface area contributed by atoms with Gasteiger partial charge in [-0.1, -0.05) is 15.9 Å². The number of amides is 2. The molecular weight excluding hydrogens is 286 g/mol. The first kappa shape index (κ1) is 10.9. The largest absolute Gasteiger partial charge is 0.355 e. The lowest BCUT2D eigenvalue weighted by Gasteiger charge is -2.29. The van der Waals surface area contributed by atoms with Crippen LogP contribution in [0, 0.1) is 0 Å². The van der Waals surface area contributed by atoms with Crippen LogP contribution in [0.2, 0.25) is 0 Å². The molecule has 2 atom stereocenters. The van der Waals surface area contributed by atoms with Gasteiger partial charge in [0.1, 0.15) is 12.2 Å². The molecule has 17 heavy (non-hydrogen) atoms. The zero-order chi connectivity index (χ0) is 12.0. The molecule has 2 bridgehead atoms. The van der Waals surface area contributed by atoms with E-state index in [9.17, 15) is 9.59 Å². The molecule has 0 saturated carbocycles. The van der Waals surface area contributed by atoms with Crippen molar-refractivity contribution in [1.82, 2.24) is 0 Å². The number of imide groups is 1.